The van der Waals surface area contributed by atoms with E-state index in [-0.39, 0.29) is 5.92 Å². The van der Waals surface area contributed by atoms with Crippen LogP contribution in [0.3, 0.4) is 0 Å². The summed E-state index contributed by atoms with van der Waals surface area (Å²) in [4.78, 5) is 9.48. The number of benzene rings is 2. The Kier molecular flexibility index (Phi) is 2.94. The maximum absolute atomic E-state index is 4.76. The van der Waals surface area contributed by atoms with Gasteiger partial charge < -0.3 is 4.57 Å². The van der Waals surface area contributed by atoms with Crippen molar-refractivity contribution < 1.29 is 0 Å². The van der Waals surface area contributed by atoms with Crippen LogP contribution in [0.25, 0.3) is 47.8 Å². The summed E-state index contributed by atoms with van der Waals surface area (Å²) in [6.45, 7) is 0. The lowest BCUT2D eigenvalue weighted by Crippen LogP contribution is -2.13. The van der Waals surface area contributed by atoms with E-state index in [2.05, 4.69) is 71.3 Å². The molecule has 4 heteroatoms. The third-order valence-electron chi connectivity index (χ3n) is 5.95. The number of hydrogen-bond donors (Lipinski definition) is 0. The molecule has 1 aliphatic heterocycles. The van der Waals surface area contributed by atoms with Gasteiger partial charge in [0.15, 0.2) is 0 Å². The second kappa shape index (κ2) is 5.52. The number of fused-ring (bicyclic) bond motifs is 8. The highest BCUT2D eigenvalue weighted by Crippen LogP contribution is 2.44. The molecule has 2 aliphatic rings. The smallest absolute Gasteiger partial charge is 0.0963 e. The maximum atomic E-state index is 4.76. The van der Waals surface area contributed by atoms with E-state index in [4.69, 9.17) is 9.98 Å². The first-order chi connectivity index (χ1) is 14.4. The first-order valence-electron chi connectivity index (χ1n) is 9.72. The normalized spacial score (nSPS) is 18.1. The predicted molar refractivity (Wildman–Crippen MR) is 124 cm³/mol. The van der Waals surface area contributed by atoms with Crippen molar-refractivity contribution in [1.82, 2.24) is 9.55 Å². The molecular weight excluding hydrogens is 374 g/mol. The Morgan fingerprint density at radius 2 is 1.86 bits per heavy atom. The van der Waals surface area contributed by atoms with Gasteiger partial charge in [0.25, 0.3) is 0 Å². The standard InChI is InChI=1S/C25H15N3S/c1-3-8-18-15(6-1)20(14-27-18)28-19-9-5-13-26-24(19)17-11-12-22-23(25(17)28)16-7-2-4-10-21(16)29-22/h1-15H. The molecule has 0 radical (unpaired) electrons. The first-order valence-corrected chi connectivity index (χ1v) is 10.5. The van der Waals surface area contributed by atoms with Gasteiger partial charge in [0.05, 0.1) is 33.9 Å². The number of rotatable bonds is 1. The third kappa shape index (κ3) is 1.96. The fourth-order valence-electron chi connectivity index (χ4n) is 4.72. The quantitative estimate of drug-likeness (QED) is 0.320. The van der Waals surface area contributed by atoms with Gasteiger partial charge in [-0.2, -0.15) is 0 Å². The van der Waals surface area contributed by atoms with Crippen molar-refractivity contribution in [3.05, 3.63) is 85.2 Å². The molecule has 1 unspecified atom stereocenters. The minimum atomic E-state index is 0.180. The molecule has 0 saturated heterocycles. The van der Waals surface area contributed by atoms with Gasteiger partial charge in [0.1, 0.15) is 0 Å². The van der Waals surface area contributed by atoms with E-state index in [1.54, 1.807) is 0 Å². The largest absolute Gasteiger partial charge is 0.308 e. The van der Waals surface area contributed by atoms with Crippen LogP contribution >= 0.6 is 11.3 Å². The molecular formula is C25H15N3S. The SMILES string of the molecule is C1=CC2=NC=C(n3c4cccnc4c4ccc5sc6ccccc6c5c43)C2C=C1. The molecule has 1 atom stereocenters. The van der Waals surface area contributed by atoms with Crippen molar-refractivity contribution in [2.45, 2.75) is 0 Å². The minimum absolute atomic E-state index is 0.180. The number of allylic oxidation sites excluding steroid dienone is 5. The van der Waals surface area contributed by atoms with Crippen LogP contribution in [-0.2, 0) is 0 Å². The molecule has 136 valence electrons. The molecule has 29 heavy (non-hydrogen) atoms. The fraction of sp³-hybridized carbons (Fsp3) is 0.0400. The van der Waals surface area contributed by atoms with Crippen molar-refractivity contribution in [3.63, 3.8) is 0 Å². The summed E-state index contributed by atoms with van der Waals surface area (Å²) in [5, 5.41) is 3.81. The zero-order valence-corrected chi connectivity index (χ0v) is 16.2. The van der Waals surface area contributed by atoms with Crippen LogP contribution < -0.4 is 0 Å². The molecule has 5 aromatic rings. The molecule has 0 amide bonds. The van der Waals surface area contributed by atoms with Crippen LogP contribution in [0.4, 0.5) is 0 Å². The molecule has 0 saturated carbocycles. The highest BCUT2D eigenvalue weighted by atomic mass is 32.1. The number of aromatic nitrogens is 2. The zero-order chi connectivity index (χ0) is 18.9. The molecule has 3 aromatic heterocycles. The van der Waals surface area contributed by atoms with E-state index in [9.17, 15) is 0 Å². The Balaban J connectivity index is 1.69. The molecule has 4 heterocycles. The summed E-state index contributed by atoms with van der Waals surface area (Å²) < 4.78 is 5.02. The van der Waals surface area contributed by atoms with E-state index < -0.39 is 0 Å². The average molecular weight is 389 g/mol. The maximum Gasteiger partial charge on any atom is 0.0963 e. The Bertz CT molecular complexity index is 1610. The van der Waals surface area contributed by atoms with E-state index in [0.717, 1.165) is 16.7 Å². The van der Waals surface area contributed by atoms with Gasteiger partial charge in [-0.1, -0.05) is 36.4 Å². The molecule has 0 N–H and O–H groups in total. The van der Waals surface area contributed by atoms with E-state index in [1.807, 2.05) is 29.8 Å². The Morgan fingerprint density at radius 1 is 0.897 bits per heavy atom. The number of pyridine rings is 1. The summed E-state index contributed by atoms with van der Waals surface area (Å²) in [7, 11) is 0. The van der Waals surface area contributed by atoms with E-state index >= 15 is 0 Å². The Labute approximate surface area is 170 Å². The minimum Gasteiger partial charge on any atom is -0.308 e. The molecule has 0 spiro atoms. The number of aliphatic imine (C=N–C) groups is 1. The average Bonchev–Trinajstić information content (AvgIpc) is 3.44. The van der Waals surface area contributed by atoms with Gasteiger partial charge in [-0.15, -0.1) is 11.3 Å². The van der Waals surface area contributed by atoms with Gasteiger partial charge in [0, 0.05) is 38.0 Å². The summed E-state index contributed by atoms with van der Waals surface area (Å²) >= 11 is 1.85. The summed E-state index contributed by atoms with van der Waals surface area (Å²) in [6, 6.07) is 17.4. The van der Waals surface area contributed by atoms with Crippen LogP contribution in [0, 0.1) is 5.92 Å². The van der Waals surface area contributed by atoms with Crippen molar-refractivity contribution in [3.8, 4) is 0 Å². The fourth-order valence-corrected chi connectivity index (χ4v) is 5.83. The third-order valence-corrected chi connectivity index (χ3v) is 7.08. The van der Waals surface area contributed by atoms with Gasteiger partial charge in [0.2, 0.25) is 0 Å². The van der Waals surface area contributed by atoms with E-state index in [0.29, 0.717) is 0 Å². The Hall–Kier alpha value is -3.50. The second-order valence-corrected chi connectivity index (χ2v) is 8.55. The topological polar surface area (TPSA) is 30.2 Å². The highest BCUT2D eigenvalue weighted by molar-refractivity contribution is 7.26. The van der Waals surface area contributed by atoms with Crippen molar-refractivity contribution in [2.75, 3.05) is 0 Å². The molecule has 0 fully saturated rings. The lowest BCUT2D eigenvalue weighted by atomic mass is 9.96. The molecule has 3 nitrogen and oxygen atoms in total. The molecule has 7 rings (SSSR count). The van der Waals surface area contributed by atoms with Crippen LogP contribution in [0.15, 0.2) is 90.2 Å². The van der Waals surface area contributed by atoms with Crippen LogP contribution in [0.5, 0.6) is 0 Å². The molecule has 2 aromatic carbocycles. The number of thiophene rings is 1. The van der Waals surface area contributed by atoms with Crippen molar-refractivity contribution >= 4 is 64.9 Å². The summed E-state index contributed by atoms with van der Waals surface area (Å²) in [6.07, 6.45) is 12.4. The molecule has 0 bridgehead atoms. The summed E-state index contributed by atoms with van der Waals surface area (Å²) in [5.74, 6) is 0.180. The molecule has 1 aliphatic carbocycles. The van der Waals surface area contributed by atoms with Crippen LogP contribution in [0.2, 0.25) is 0 Å². The summed E-state index contributed by atoms with van der Waals surface area (Å²) in [5.41, 5.74) is 5.71. The van der Waals surface area contributed by atoms with Gasteiger partial charge in [-0.3, -0.25) is 9.98 Å². The van der Waals surface area contributed by atoms with Gasteiger partial charge in [-0.05, 0) is 36.4 Å². The van der Waals surface area contributed by atoms with E-state index in [1.165, 1.54) is 36.8 Å². The lowest BCUT2D eigenvalue weighted by Gasteiger charge is -2.17. The van der Waals surface area contributed by atoms with Gasteiger partial charge >= 0.3 is 0 Å². The van der Waals surface area contributed by atoms with Crippen LogP contribution in [-0.4, -0.2) is 15.3 Å². The number of hydrogen-bond acceptors (Lipinski definition) is 3. The monoisotopic (exact) mass is 389 g/mol. The van der Waals surface area contributed by atoms with Crippen molar-refractivity contribution in [1.29, 1.82) is 0 Å². The lowest BCUT2D eigenvalue weighted by molar-refractivity contribution is 1.05. The Morgan fingerprint density at radius 3 is 2.86 bits per heavy atom. The highest BCUT2D eigenvalue weighted by Gasteiger charge is 2.28. The second-order valence-electron chi connectivity index (χ2n) is 7.47. The predicted octanol–water partition coefficient (Wildman–Crippen LogP) is 6.55. The first kappa shape index (κ1) is 15.4. The van der Waals surface area contributed by atoms with Gasteiger partial charge in [-0.25, -0.2) is 0 Å². The zero-order valence-electron chi connectivity index (χ0n) is 15.4. The van der Waals surface area contributed by atoms with Crippen molar-refractivity contribution in [2.24, 2.45) is 10.9 Å². The van der Waals surface area contributed by atoms with Crippen LogP contribution in [0.1, 0.15) is 0 Å². The number of nitrogens with zero attached hydrogens (tertiary/aromatic N) is 3.